The van der Waals surface area contributed by atoms with Gasteiger partial charge in [0.1, 0.15) is 6.04 Å². The first-order valence-electron chi connectivity index (χ1n) is 7.31. The molecule has 1 aromatic carbocycles. The van der Waals surface area contributed by atoms with Crippen molar-refractivity contribution < 1.29 is 14.3 Å². The highest BCUT2D eigenvalue weighted by Crippen LogP contribution is 2.30. The molecular formula is C16H20N2O3. The lowest BCUT2D eigenvalue weighted by Gasteiger charge is -2.20. The second-order valence-electron chi connectivity index (χ2n) is 4.81. The molecule has 0 radical (unpaired) electrons. The molecule has 0 bridgehead atoms. The second-order valence-corrected chi connectivity index (χ2v) is 4.81. The van der Waals surface area contributed by atoms with E-state index in [2.05, 4.69) is 6.07 Å². The van der Waals surface area contributed by atoms with Crippen LogP contribution < -0.4 is 9.47 Å². The maximum atomic E-state index is 12.5. The normalized spacial score (nSPS) is 17.4. The average Bonchev–Trinajstić information content (AvgIpc) is 2.97. The van der Waals surface area contributed by atoms with E-state index in [0.717, 1.165) is 12.8 Å². The molecule has 1 fully saturated rings. The molecule has 0 N–H and O–H groups in total. The van der Waals surface area contributed by atoms with E-state index in [9.17, 15) is 4.79 Å². The van der Waals surface area contributed by atoms with E-state index in [1.165, 1.54) is 0 Å². The molecule has 2 rings (SSSR count). The van der Waals surface area contributed by atoms with Gasteiger partial charge in [0.2, 0.25) is 0 Å². The molecular weight excluding hydrogens is 268 g/mol. The molecule has 1 atom stereocenters. The highest BCUT2D eigenvalue weighted by molar-refractivity contribution is 5.95. The maximum absolute atomic E-state index is 12.5. The zero-order valence-corrected chi connectivity index (χ0v) is 12.5. The minimum atomic E-state index is -0.320. The number of benzene rings is 1. The van der Waals surface area contributed by atoms with Gasteiger partial charge in [-0.15, -0.1) is 0 Å². The number of nitriles is 1. The Hall–Kier alpha value is -2.22. The number of hydrogen-bond donors (Lipinski definition) is 0. The molecule has 21 heavy (non-hydrogen) atoms. The first-order chi connectivity index (χ1) is 10.2. The van der Waals surface area contributed by atoms with Gasteiger partial charge in [-0.25, -0.2) is 0 Å². The molecule has 5 heteroatoms. The highest BCUT2D eigenvalue weighted by atomic mass is 16.5. The Morgan fingerprint density at radius 1 is 1.33 bits per heavy atom. The molecule has 0 aliphatic carbocycles. The van der Waals surface area contributed by atoms with Gasteiger partial charge in [0, 0.05) is 12.1 Å². The van der Waals surface area contributed by atoms with Gasteiger partial charge in [-0.2, -0.15) is 5.26 Å². The van der Waals surface area contributed by atoms with Gasteiger partial charge < -0.3 is 14.4 Å². The minimum Gasteiger partial charge on any atom is -0.490 e. The van der Waals surface area contributed by atoms with Gasteiger partial charge in [-0.05, 0) is 44.9 Å². The molecule has 1 amide bonds. The van der Waals surface area contributed by atoms with Crippen LogP contribution in [-0.2, 0) is 0 Å². The second kappa shape index (κ2) is 6.98. The number of nitrogens with zero attached hydrogens (tertiary/aromatic N) is 2. The summed E-state index contributed by atoms with van der Waals surface area (Å²) in [5.74, 6) is 1.08. The van der Waals surface area contributed by atoms with Crippen molar-refractivity contribution in [1.29, 1.82) is 5.26 Å². The third-order valence-electron chi connectivity index (χ3n) is 3.45. The quantitative estimate of drug-likeness (QED) is 0.835. The molecule has 112 valence electrons. The molecule has 1 unspecified atom stereocenters. The fourth-order valence-electron chi connectivity index (χ4n) is 2.49. The summed E-state index contributed by atoms with van der Waals surface area (Å²) in [4.78, 5) is 14.2. The Morgan fingerprint density at radius 3 is 2.71 bits per heavy atom. The van der Waals surface area contributed by atoms with Crippen LogP contribution in [0.3, 0.4) is 0 Å². The number of hydrogen-bond acceptors (Lipinski definition) is 4. The van der Waals surface area contributed by atoms with Crippen molar-refractivity contribution in [1.82, 2.24) is 4.90 Å². The van der Waals surface area contributed by atoms with Crippen LogP contribution in [0.2, 0.25) is 0 Å². The van der Waals surface area contributed by atoms with Crippen molar-refractivity contribution in [2.45, 2.75) is 32.7 Å². The Morgan fingerprint density at radius 2 is 2.05 bits per heavy atom. The lowest BCUT2D eigenvalue weighted by molar-refractivity contribution is 0.0764. The van der Waals surface area contributed by atoms with Crippen LogP contribution in [0.25, 0.3) is 0 Å². The summed E-state index contributed by atoms with van der Waals surface area (Å²) >= 11 is 0. The Labute approximate surface area is 125 Å². The summed E-state index contributed by atoms with van der Waals surface area (Å²) in [7, 11) is 0. The molecule has 1 saturated heterocycles. The molecule has 1 aliphatic heterocycles. The molecule has 1 aromatic rings. The van der Waals surface area contributed by atoms with Crippen molar-refractivity contribution in [2.24, 2.45) is 0 Å². The predicted octanol–water partition coefficient (Wildman–Crippen LogP) is 2.61. The summed E-state index contributed by atoms with van der Waals surface area (Å²) in [6, 6.07) is 7.04. The zero-order chi connectivity index (χ0) is 15.2. The fourth-order valence-corrected chi connectivity index (χ4v) is 2.49. The number of amides is 1. The van der Waals surface area contributed by atoms with Crippen molar-refractivity contribution in [3.05, 3.63) is 23.8 Å². The molecule has 0 spiro atoms. The zero-order valence-electron chi connectivity index (χ0n) is 12.5. The van der Waals surface area contributed by atoms with E-state index < -0.39 is 0 Å². The van der Waals surface area contributed by atoms with E-state index in [-0.39, 0.29) is 11.9 Å². The van der Waals surface area contributed by atoms with Gasteiger partial charge in [-0.3, -0.25) is 4.79 Å². The SMILES string of the molecule is CCOc1ccc(C(=O)N2CCCC2C#N)cc1OCC. The van der Waals surface area contributed by atoms with Crippen molar-refractivity contribution in [3.63, 3.8) is 0 Å². The maximum Gasteiger partial charge on any atom is 0.255 e. The summed E-state index contributed by atoms with van der Waals surface area (Å²) in [5.41, 5.74) is 0.532. The average molecular weight is 288 g/mol. The summed E-state index contributed by atoms with van der Waals surface area (Å²) < 4.78 is 11.0. The van der Waals surface area contributed by atoms with Crippen LogP contribution in [0.1, 0.15) is 37.0 Å². The van der Waals surface area contributed by atoms with Gasteiger partial charge in [0.25, 0.3) is 5.91 Å². The molecule has 1 aliphatic rings. The molecule has 5 nitrogen and oxygen atoms in total. The Bertz CT molecular complexity index is 551. The predicted molar refractivity (Wildman–Crippen MR) is 78.5 cm³/mol. The number of likely N-dealkylation sites (tertiary alicyclic amines) is 1. The van der Waals surface area contributed by atoms with Crippen molar-refractivity contribution >= 4 is 5.91 Å². The van der Waals surface area contributed by atoms with Gasteiger partial charge in [0.05, 0.1) is 19.3 Å². The van der Waals surface area contributed by atoms with E-state index in [1.54, 1.807) is 23.1 Å². The van der Waals surface area contributed by atoms with Crippen LogP contribution in [-0.4, -0.2) is 36.6 Å². The molecule has 1 heterocycles. The topological polar surface area (TPSA) is 62.6 Å². The summed E-state index contributed by atoms with van der Waals surface area (Å²) in [5, 5.41) is 9.10. The number of ether oxygens (including phenoxy) is 2. The number of rotatable bonds is 5. The van der Waals surface area contributed by atoms with Crippen LogP contribution >= 0.6 is 0 Å². The lowest BCUT2D eigenvalue weighted by atomic mass is 10.1. The third kappa shape index (κ3) is 3.27. The van der Waals surface area contributed by atoms with E-state index >= 15 is 0 Å². The van der Waals surface area contributed by atoms with Crippen molar-refractivity contribution in [3.8, 4) is 17.6 Å². The van der Waals surface area contributed by atoms with E-state index in [0.29, 0.717) is 36.8 Å². The summed E-state index contributed by atoms with van der Waals surface area (Å²) in [6.07, 6.45) is 1.62. The lowest BCUT2D eigenvalue weighted by Crippen LogP contribution is -2.34. The Balaban J connectivity index is 2.25. The number of carbonyl (C=O) groups is 1. The van der Waals surface area contributed by atoms with Crippen LogP contribution in [0.15, 0.2) is 18.2 Å². The monoisotopic (exact) mass is 288 g/mol. The smallest absolute Gasteiger partial charge is 0.255 e. The van der Waals surface area contributed by atoms with Crippen LogP contribution in [0.5, 0.6) is 11.5 Å². The van der Waals surface area contributed by atoms with Gasteiger partial charge in [0.15, 0.2) is 11.5 Å². The fraction of sp³-hybridized carbons (Fsp3) is 0.500. The molecule has 0 saturated carbocycles. The Kier molecular flexibility index (Phi) is 5.04. The molecule has 0 aromatic heterocycles. The van der Waals surface area contributed by atoms with Crippen LogP contribution in [0.4, 0.5) is 0 Å². The van der Waals surface area contributed by atoms with Gasteiger partial charge >= 0.3 is 0 Å². The largest absolute Gasteiger partial charge is 0.490 e. The number of carbonyl (C=O) groups excluding carboxylic acids is 1. The van der Waals surface area contributed by atoms with E-state index in [4.69, 9.17) is 14.7 Å². The van der Waals surface area contributed by atoms with Crippen LogP contribution in [0, 0.1) is 11.3 Å². The third-order valence-corrected chi connectivity index (χ3v) is 3.45. The van der Waals surface area contributed by atoms with E-state index in [1.807, 2.05) is 13.8 Å². The highest BCUT2D eigenvalue weighted by Gasteiger charge is 2.29. The minimum absolute atomic E-state index is 0.122. The summed E-state index contributed by atoms with van der Waals surface area (Å²) in [6.45, 7) is 5.46. The first kappa shape index (κ1) is 15.2. The first-order valence-corrected chi connectivity index (χ1v) is 7.31. The van der Waals surface area contributed by atoms with Gasteiger partial charge in [-0.1, -0.05) is 0 Å². The standard InChI is InChI=1S/C16H20N2O3/c1-3-20-14-8-7-12(10-15(14)21-4-2)16(19)18-9-5-6-13(18)11-17/h7-8,10,13H,3-6,9H2,1-2H3. The van der Waals surface area contributed by atoms with Crippen molar-refractivity contribution in [2.75, 3.05) is 19.8 Å².